The molecular weight excluding hydrogens is 381 g/mol. The lowest BCUT2D eigenvalue weighted by atomic mass is 10.1. The summed E-state index contributed by atoms with van der Waals surface area (Å²) in [4.78, 5) is 40.5. The lowest BCUT2D eigenvalue weighted by Crippen LogP contribution is -2.36. The largest absolute Gasteiger partial charge is 0.470 e. The Labute approximate surface area is 145 Å². The van der Waals surface area contributed by atoms with Gasteiger partial charge >= 0.3 is 7.82 Å². The number of nitrogen functional groups attached to an aromatic ring is 1. The van der Waals surface area contributed by atoms with Gasteiger partial charge in [-0.25, -0.2) is 9.55 Å². The number of phosphoric ester groups is 1. The molecule has 0 amide bonds. The summed E-state index contributed by atoms with van der Waals surface area (Å²) in [5.74, 6) is -0.166. The molecule has 2 aromatic rings. The molecule has 0 radical (unpaired) electrons. The van der Waals surface area contributed by atoms with Gasteiger partial charge in [0.25, 0.3) is 5.56 Å². The molecule has 1 fully saturated rings. The molecule has 1 aliphatic heterocycles. The van der Waals surface area contributed by atoms with Gasteiger partial charge in [0.1, 0.15) is 18.3 Å². The lowest BCUT2D eigenvalue weighted by molar-refractivity contribution is -0.0287. The Kier molecular flexibility index (Phi) is 4.86. The van der Waals surface area contributed by atoms with Gasteiger partial charge in [-0.15, -0.1) is 11.6 Å². The summed E-state index contributed by atoms with van der Waals surface area (Å²) in [5.41, 5.74) is 5.03. The molecule has 0 unspecified atom stereocenters. The van der Waals surface area contributed by atoms with Crippen LogP contribution in [0.25, 0.3) is 11.2 Å². The Balaban J connectivity index is 2.10. The van der Waals surface area contributed by atoms with E-state index in [1.165, 1.54) is 18.0 Å². The number of halogens is 1. The molecule has 3 rings (SSSR count). The van der Waals surface area contributed by atoms with Crippen LogP contribution < -0.4 is 11.3 Å². The lowest BCUT2D eigenvalue weighted by Gasteiger charge is -2.23. The zero-order chi connectivity index (χ0) is 18.4. The number of alkyl halides is 1. The number of nitrogens with zero attached hydrogens (tertiary/aromatic N) is 3. The molecule has 0 bridgehead atoms. The highest BCUT2D eigenvalue weighted by Crippen LogP contribution is 2.45. The molecule has 25 heavy (non-hydrogen) atoms. The molecule has 1 saturated heterocycles. The monoisotopic (exact) mass is 395 g/mol. The van der Waals surface area contributed by atoms with Crippen LogP contribution in [0.5, 0.6) is 0 Å². The van der Waals surface area contributed by atoms with Crippen molar-refractivity contribution < 1.29 is 28.3 Å². The van der Waals surface area contributed by atoms with Crippen molar-refractivity contribution in [2.75, 3.05) is 18.7 Å². The third kappa shape index (κ3) is 3.42. The van der Waals surface area contributed by atoms with Crippen molar-refractivity contribution in [3.05, 3.63) is 16.7 Å². The third-order valence-corrected chi connectivity index (χ3v) is 4.52. The molecular formula is C11H15ClN5O7P. The molecule has 5 N–H and O–H groups in total. The van der Waals surface area contributed by atoms with Crippen LogP contribution in [-0.4, -0.2) is 60.6 Å². The summed E-state index contributed by atoms with van der Waals surface area (Å²) in [5, 5.41) is 0. The number of hydrogen-bond donors (Lipinski definition) is 4. The molecule has 0 aliphatic carbocycles. The van der Waals surface area contributed by atoms with Gasteiger partial charge in [-0.05, 0) is 0 Å². The number of aromatic nitrogens is 4. The fraction of sp³-hybridized carbons (Fsp3) is 0.545. The van der Waals surface area contributed by atoms with Gasteiger partial charge in [-0.2, -0.15) is 4.98 Å². The molecule has 4 atom stereocenters. The fourth-order valence-electron chi connectivity index (χ4n) is 2.74. The van der Waals surface area contributed by atoms with E-state index in [0.717, 1.165) is 0 Å². The van der Waals surface area contributed by atoms with Crippen molar-refractivity contribution in [3.63, 3.8) is 0 Å². The minimum absolute atomic E-state index is 0.0151. The van der Waals surface area contributed by atoms with Gasteiger partial charge < -0.3 is 25.0 Å². The number of aromatic amines is 1. The highest BCUT2D eigenvalue weighted by molar-refractivity contribution is 7.46. The van der Waals surface area contributed by atoms with E-state index in [1.807, 2.05) is 0 Å². The van der Waals surface area contributed by atoms with Crippen molar-refractivity contribution in [2.24, 2.45) is 0 Å². The Bertz CT molecular complexity index is 881. The molecule has 14 heteroatoms. The van der Waals surface area contributed by atoms with Crippen LogP contribution in [0.2, 0.25) is 0 Å². The van der Waals surface area contributed by atoms with E-state index < -0.39 is 37.9 Å². The smallest absolute Gasteiger partial charge is 0.376 e. The Hall–Kier alpha value is -1.53. The molecule has 0 spiro atoms. The molecule has 138 valence electrons. The summed E-state index contributed by atoms with van der Waals surface area (Å²) in [6, 6.07) is 0. The van der Waals surface area contributed by atoms with Crippen LogP contribution in [0.15, 0.2) is 11.1 Å². The number of hydrogen-bond acceptors (Lipinski definition) is 8. The highest BCUT2D eigenvalue weighted by Gasteiger charge is 2.49. The molecule has 12 nitrogen and oxygen atoms in total. The average molecular weight is 396 g/mol. The number of fused-ring (bicyclic) bond motifs is 1. The number of rotatable bonds is 5. The first kappa shape index (κ1) is 18.3. The summed E-state index contributed by atoms with van der Waals surface area (Å²) in [6.07, 6.45) is -2.68. The van der Waals surface area contributed by atoms with Gasteiger partial charge in [-0.1, -0.05) is 0 Å². The maximum atomic E-state index is 11.9. The number of H-pyrrole nitrogens is 1. The number of methoxy groups -OCH3 is 1. The highest BCUT2D eigenvalue weighted by atomic mass is 35.5. The second-order valence-corrected chi connectivity index (χ2v) is 6.76. The third-order valence-electron chi connectivity index (χ3n) is 3.69. The van der Waals surface area contributed by atoms with Crippen molar-refractivity contribution in [3.8, 4) is 0 Å². The number of imidazole rings is 1. The van der Waals surface area contributed by atoms with Crippen molar-refractivity contribution in [2.45, 2.75) is 24.5 Å². The van der Waals surface area contributed by atoms with Crippen LogP contribution in [0.4, 0.5) is 5.95 Å². The van der Waals surface area contributed by atoms with Crippen molar-refractivity contribution in [1.29, 1.82) is 0 Å². The van der Waals surface area contributed by atoms with E-state index in [-0.39, 0.29) is 23.0 Å². The summed E-state index contributed by atoms with van der Waals surface area (Å²) < 4.78 is 28.4. The summed E-state index contributed by atoms with van der Waals surface area (Å²) in [7, 11) is -3.54. The van der Waals surface area contributed by atoms with Crippen LogP contribution >= 0.6 is 19.4 Å². The number of nitrogens with one attached hydrogen (secondary N) is 1. The molecule has 1 aliphatic rings. The number of phosphoric acid groups is 1. The van der Waals surface area contributed by atoms with E-state index in [4.69, 9.17) is 31.3 Å². The number of anilines is 1. The van der Waals surface area contributed by atoms with Gasteiger partial charge in [0.2, 0.25) is 5.95 Å². The minimum atomic E-state index is -4.87. The molecule has 2 aromatic heterocycles. The normalized spacial score (nSPS) is 27.2. The molecule has 0 saturated carbocycles. The summed E-state index contributed by atoms with van der Waals surface area (Å²) in [6.45, 7) is 0. The Morgan fingerprint density at radius 3 is 2.84 bits per heavy atom. The van der Waals surface area contributed by atoms with E-state index in [1.54, 1.807) is 0 Å². The summed E-state index contributed by atoms with van der Waals surface area (Å²) >= 11 is 5.84. The van der Waals surface area contributed by atoms with E-state index >= 15 is 0 Å². The van der Waals surface area contributed by atoms with Gasteiger partial charge in [0.15, 0.2) is 17.4 Å². The topological polar surface area (TPSA) is 175 Å². The second kappa shape index (κ2) is 6.65. The second-order valence-electron chi connectivity index (χ2n) is 5.26. The van der Waals surface area contributed by atoms with Crippen molar-refractivity contribution >= 4 is 36.5 Å². The quantitative estimate of drug-likeness (QED) is 0.375. The SMILES string of the molecule is CO[C@H]1[C@@H](OP(=O)(O)O)[C@H](n2cnc3c(=O)[nH]c(N)nc32)O[C@@H]1CCl. The van der Waals surface area contributed by atoms with Crippen LogP contribution in [-0.2, 0) is 18.6 Å². The van der Waals surface area contributed by atoms with Gasteiger partial charge in [0.05, 0.1) is 12.2 Å². The van der Waals surface area contributed by atoms with E-state index in [2.05, 4.69) is 15.0 Å². The van der Waals surface area contributed by atoms with Crippen LogP contribution in [0, 0.1) is 0 Å². The molecule has 0 aromatic carbocycles. The van der Waals surface area contributed by atoms with Gasteiger partial charge in [-0.3, -0.25) is 18.9 Å². The number of nitrogens with two attached hydrogens (primary N) is 1. The maximum absolute atomic E-state index is 11.9. The first-order valence-corrected chi connectivity index (χ1v) is 9.02. The zero-order valence-electron chi connectivity index (χ0n) is 12.8. The number of ether oxygens (including phenoxy) is 2. The zero-order valence-corrected chi connectivity index (χ0v) is 14.4. The van der Waals surface area contributed by atoms with E-state index in [9.17, 15) is 19.1 Å². The first-order valence-electron chi connectivity index (χ1n) is 6.95. The predicted octanol–water partition coefficient (Wildman–Crippen LogP) is -0.669. The standard InChI is InChI=1S/C11H15ClN5O7P/c1-22-6-4(2-12)23-10(7(6)24-25(19,20)21)17-3-14-5-8(17)15-11(13)16-9(5)18/h3-4,6-7,10H,2H2,1H3,(H2,19,20,21)(H3,13,15,16,18)/t4-,6-,7-,10-/m1/s1. The molecule has 3 heterocycles. The minimum Gasteiger partial charge on any atom is -0.376 e. The maximum Gasteiger partial charge on any atom is 0.470 e. The first-order chi connectivity index (χ1) is 11.7. The van der Waals surface area contributed by atoms with Crippen LogP contribution in [0.3, 0.4) is 0 Å². The van der Waals surface area contributed by atoms with Crippen LogP contribution in [0.1, 0.15) is 6.23 Å². The van der Waals surface area contributed by atoms with E-state index in [0.29, 0.717) is 0 Å². The predicted molar refractivity (Wildman–Crippen MR) is 84.9 cm³/mol. The van der Waals surface area contributed by atoms with Crippen molar-refractivity contribution in [1.82, 2.24) is 19.5 Å². The average Bonchev–Trinajstić information content (AvgIpc) is 3.06. The Morgan fingerprint density at radius 1 is 1.52 bits per heavy atom. The Morgan fingerprint density at radius 2 is 2.24 bits per heavy atom. The van der Waals surface area contributed by atoms with Gasteiger partial charge in [0, 0.05) is 7.11 Å². The fourth-order valence-corrected chi connectivity index (χ4v) is 3.53.